The van der Waals surface area contributed by atoms with E-state index in [2.05, 4.69) is 20.5 Å². The van der Waals surface area contributed by atoms with E-state index in [0.717, 1.165) is 26.2 Å². The average Bonchev–Trinajstić information content (AvgIpc) is 2.57. The first kappa shape index (κ1) is 18.0. The summed E-state index contributed by atoms with van der Waals surface area (Å²) < 4.78 is 0. The lowest BCUT2D eigenvalue weighted by atomic mass is 10.1. The molecule has 0 spiro atoms. The predicted molar refractivity (Wildman–Crippen MR) is 98.1 cm³/mol. The van der Waals surface area contributed by atoms with Crippen LogP contribution in [0.4, 0.5) is 5.69 Å². The Kier molecular flexibility index (Phi) is 5.46. The van der Waals surface area contributed by atoms with E-state index < -0.39 is 6.04 Å². The maximum absolute atomic E-state index is 12.5. The minimum atomic E-state index is -0.782. The molecule has 2 aliphatic rings. The van der Waals surface area contributed by atoms with Crippen molar-refractivity contribution in [3.05, 3.63) is 28.2 Å². The number of piperazine rings is 1. The first-order chi connectivity index (χ1) is 11.9. The maximum Gasteiger partial charge on any atom is 0.249 e. The molecule has 1 aromatic rings. The van der Waals surface area contributed by atoms with Crippen molar-refractivity contribution in [1.29, 1.82) is 0 Å². The molecule has 2 heterocycles. The number of benzene rings is 1. The molecule has 3 rings (SSSR count). The molecule has 7 nitrogen and oxygen atoms in total. The van der Waals surface area contributed by atoms with Gasteiger partial charge in [0.25, 0.3) is 0 Å². The molecular formula is C16H19Cl2N5O2. The summed E-state index contributed by atoms with van der Waals surface area (Å²) in [5.41, 5.74) is 0.443. The Bertz CT molecular complexity index is 716. The second kappa shape index (κ2) is 7.59. The molecular weight excluding hydrogens is 365 g/mol. The minimum absolute atomic E-state index is 0.00822. The van der Waals surface area contributed by atoms with Crippen LogP contribution in [0.3, 0.4) is 0 Å². The van der Waals surface area contributed by atoms with Crippen LogP contribution in [0, 0.1) is 0 Å². The average molecular weight is 384 g/mol. The first-order valence-electron chi connectivity index (χ1n) is 7.99. The first-order valence-corrected chi connectivity index (χ1v) is 8.75. The number of anilines is 1. The van der Waals surface area contributed by atoms with Gasteiger partial charge in [0, 0.05) is 31.2 Å². The zero-order chi connectivity index (χ0) is 18.0. The number of rotatable bonds is 2. The minimum Gasteiger partial charge on any atom is -0.340 e. The summed E-state index contributed by atoms with van der Waals surface area (Å²) in [5, 5.41) is 6.30. The second-order valence-corrected chi connectivity index (χ2v) is 6.97. The van der Waals surface area contributed by atoms with Crippen LogP contribution < -0.4 is 10.6 Å². The quantitative estimate of drug-likeness (QED) is 0.809. The Balaban J connectivity index is 1.72. The molecule has 2 aliphatic heterocycles. The summed E-state index contributed by atoms with van der Waals surface area (Å²) in [5.74, 6) is -0.122. The van der Waals surface area contributed by atoms with Gasteiger partial charge in [-0.25, -0.2) is 4.99 Å². The normalized spacial score (nSPS) is 21.6. The number of carbonyl (C=O) groups excluding carboxylic acids is 2. The van der Waals surface area contributed by atoms with Crippen LogP contribution in [0.2, 0.25) is 10.0 Å². The van der Waals surface area contributed by atoms with Crippen LogP contribution in [0.1, 0.15) is 6.42 Å². The molecule has 0 aliphatic carbocycles. The number of halogens is 2. The molecule has 0 aromatic heterocycles. The van der Waals surface area contributed by atoms with E-state index in [9.17, 15) is 9.59 Å². The highest BCUT2D eigenvalue weighted by Crippen LogP contribution is 2.26. The van der Waals surface area contributed by atoms with E-state index in [0.29, 0.717) is 21.7 Å². The van der Waals surface area contributed by atoms with Gasteiger partial charge in [-0.3, -0.25) is 14.9 Å². The molecule has 1 fully saturated rings. The Morgan fingerprint density at radius 2 is 2.00 bits per heavy atom. The van der Waals surface area contributed by atoms with Crippen molar-refractivity contribution in [3.8, 4) is 0 Å². The highest BCUT2D eigenvalue weighted by molar-refractivity contribution is 6.36. The standard InChI is InChI=1S/C16H19Cl2N5O2/c1-22-4-6-23(7-5-22)16-20-13(9-14(24)21-16)15(25)19-12-3-2-10(17)8-11(12)18/h2-3,8,13H,4-7,9H2,1H3,(H,19,25)(H,20,21,24)/t13-/m1/s1. The van der Waals surface area contributed by atoms with Gasteiger partial charge in [0.1, 0.15) is 6.04 Å². The van der Waals surface area contributed by atoms with Crippen molar-refractivity contribution in [2.24, 2.45) is 4.99 Å². The van der Waals surface area contributed by atoms with Gasteiger partial charge in [0.15, 0.2) is 0 Å². The number of hydrogen-bond donors (Lipinski definition) is 2. The van der Waals surface area contributed by atoms with Gasteiger partial charge in [-0.15, -0.1) is 0 Å². The van der Waals surface area contributed by atoms with Gasteiger partial charge in [-0.1, -0.05) is 23.2 Å². The van der Waals surface area contributed by atoms with Gasteiger partial charge in [0.05, 0.1) is 17.1 Å². The van der Waals surface area contributed by atoms with E-state index >= 15 is 0 Å². The van der Waals surface area contributed by atoms with Crippen LogP contribution in [-0.4, -0.2) is 66.8 Å². The number of carbonyl (C=O) groups is 2. The third-order valence-corrected chi connectivity index (χ3v) is 4.75. The van der Waals surface area contributed by atoms with Crippen molar-refractivity contribution in [1.82, 2.24) is 15.1 Å². The molecule has 1 atom stereocenters. The van der Waals surface area contributed by atoms with Crippen LogP contribution >= 0.6 is 23.2 Å². The van der Waals surface area contributed by atoms with Crippen molar-refractivity contribution in [2.75, 3.05) is 38.5 Å². The third-order valence-electron chi connectivity index (χ3n) is 4.20. The van der Waals surface area contributed by atoms with Crippen molar-refractivity contribution < 1.29 is 9.59 Å². The van der Waals surface area contributed by atoms with E-state index in [1.54, 1.807) is 18.2 Å². The molecule has 2 N–H and O–H groups in total. The van der Waals surface area contributed by atoms with Crippen LogP contribution in [0.25, 0.3) is 0 Å². The number of nitrogens with one attached hydrogen (secondary N) is 2. The topological polar surface area (TPSA) is 77.0 Å². The number of hydrogen-bond acceptors (Lipinski definition) is 5. The smallest absolute Gasteiger partial charge is 0.249 e. The van der Waals surface area contributed by atoms with Crippen molar-refractivity contribution >= 4 is 46.7 Å². The summed E-state index contributed by atoms with van der Waals surface area (Å²) in [6, 6.07) is 4.02. The fraction of sp³-hybridized carbons (Fsp3) is 0.438. The molecule has 9 heteroatoms. The summed E-state index contributed by atoms with van der Waals surface area (Å²) in [6.45, 7) is 3.28. The zero-order valence-corrected chi connectivity index (χ0v) is 15.3. The lowest BCUT2D eigenvalue weighted by molar-refractivity contribution is -0.125. The molecule has 0 bridgehead atoms. The molecule has 1 aromatic carbocycles. The number of guanidine groups is 1. The molecule has 2 amide bonds. The fourth-order valence-corrected chi connectivity index (χ4v) is 3.17. The third kappa shape index (κ3) is 4.42. The maximum atomic E-state index is 12.5. The van der Waals surface area contributed by atoms with Crippen molar-refractivity contribution in [2.45, 2.75) is 12.5 Å². The van der Waals surface area contributed by atoms with Gasteiger partial charge < -0.3 is 15.1 Å². The molecule has 0 saturated carbocycles. The van der Waals surface area contributed by atoms with Gasteiger partial charge >= 0.3 is 0 Å². The summed E-state index contributed by atoms with van der Waals surface area (Å²) in [6.07, 6.45) is 0.00822. The zero-order valence-electron chi connectivity index (χ0n) is 13.8. The number of aliphatic imine (C=N–C) groups is 1. The second-order valence-electron chi connectivity index (χ2n) is 6.12. The van der Waals surface area contributed by atoms with Gasteiger partial charge in [0.2, 0.25) is 17.8 Å². The highest BCUT2D eigenvalue weighted by atomic mass is 35.5. The molecule has 25 heavy (non-hydrogen) atoms. The number of amides is 2. The van der Waals surface area contributed by atoms with Crippen LogP contribution in [-0.2, 0) is 9.59 Å². The fourth-order valence-electron chi connectivity index (χ4n) is 2.71. The Morgan fingerprint density at radius 1 is 1.28 bits per heavy atom. The Hall–Kier alpha value is -1.83. The molecule has 134 valence electrons. The Morgan fingerprint density at radius 3 is 2.68 bits per heavy atom. The lowest BCUT2D eigenvalue weighted by Gasteiger charge is -2.36. The Labute approximate surface area is 156 Å². The van der Waals surface area contributed by atoms with Crippen LogP contribution in [0.15, 0.2) is 23.2 Å². The summed E-state index contributed by atoms with van der Waals surface area (Å²) in [7, 11) is 2.05. The highest BCUT2D eigenvalue weighted by Gasteiger charge is 2.30. The number of nitrogens with zero attached hydrogens (tertiary/aromatic N) is 3. The van der Waals surface area contributed by atoms with Gasteiger partial charge in [-0.2, -0.15) is 0 Å². The number of likely N-dealkylation sites (N-methyl/N-ethyl adjacent to an activating group) is 1. The van der Waals surface area contributed by atoms with E-state index in [-0.39, 0.29) is 18.2 Å². The van der Waals surface area contributed by atoms with Crippen LogP contribution in [0.5, 0.6) is 0 Å². The summed E-state index contributed by atoms with van der Waals surface area (Å²) in [4.78, 5) is 33.2. The summed E-state index contributed by atoms with van der Waals surface area (Å²) >= 11 is 11.9. The molecule has 0 radical (unpaired) electrons. The van der Waals surface area contributed by atoms with E-state index in [4.69, 9.17) is 23.2 Å². The van der Waals surface area contributed by atoms with Gasteiger partial charge in [-0.05, 0) is 25.2 Å². The predicted octanol–water partition coefficient (Wildman–Crippen LogP) is 1.42. The van der Waals surface area contributed by atoms with E-state index in [1.807, 2.05) is 11.9 Å². The van der Waals surface area contributed by atoms with Crippen molar-refractivity contribution in [3.63, 3.8) is 0 Å². The van der Waals surface area contributed by atoms with E-state index in [1.165, 1.54) is 0 Å². The monoisotopic (exact) mass is 383 g/mol. The SMILES string of the molecule is CN1CCN(C2=N[C@@H](C(=O)Nc3ccc(Cl)cc3Cl)CC(=O)N2)CC1. The largest absolute Gasteiger partial charge is 0.340 e. The lowest BCUT2D eigenvalue weighted by Crippen LogP contribution is -2.55. The molecule has 1 saturated heterocycles. The molecule has 0 unspecified atom stereocenters.